The first kappa shape index (κ1) is 22.8. The monoisotopic (exact) mass is 344 g/mol. The second-order valence-corrected chi connectivity index (χ2v) is 3.32. The van der Waals surface area contributed by atoms with E-state index in [2.05, 4.69) is 0 Å². The molecule has 0 saturated carbocycles. The minimum Gasteiger partial charge on any atom is -0.545 e. The van der Waals surface area contributed by atoms with Crippen molar-refractivity contribution in [3.05, 3.63) is 33.8 Å². The van der Waals surface area contributed by atoms with Crippen molar-refractivity contribution in [2.75, 3.05) is 0 Å². The molecule has 0 aromatic heterocycles. The first-order valence-electron chi connectivity index (χ1n) is 3.98. The van der Waals surface area contributed by atoms with Gasteiger partial charge in [0.15, 0.2) is 0 Å². The van der Waals surface area contributed by atoms with E-state index in [1.807, 2.05) is 0 Å². The average molecular weight is 345 g/mol. The van der Waals surface area contributed by atoms with E-state index in [9.17, 15) is 33.0 Å². The first-order chi connectivity index (χ1) is 7.66. The number of alkyl halides is 3. The number of carbonyl (C=O) groups excluding carboxylic acids is 2. The van der Waals surface area contributed by atoms with Crippen LogP contribution in [-0.4, -0.2) is 11.9 Å². The zero-order chi connectivity index (χ0) is 13.4. The SMILES string of the molecule is O=C([O-])c1c(Cl)ccc(C(F)(F)F)c1C(=O)[O-].[K+].[K+]. The van der Waals surface area contributed by atoms with Gasteiger partial charge in [0, 0.05) is 11.1 Å². The Hall–Kier alpha value is 1.51. The van der Waals surface area contributed by atoms with Crippen LogP contribution in [0.5, 0.6) is 0 Å². The number of rotatable bonds is 2. The molecule has 0 N–H and O–H groups in total. The van der Waals surface area contributed by atoms with Crippen LogP contribution < -0.4 is 113 Å². The van der Waals surface area contributed by atoms with Crippen LogP contribution in [0.15, 0.2) is 12.1 Å². The third-order valence-electron chi connectivity index (χ3n) is 1.87. The molecule has 0 spiro atoms. The van der Waals surface area contributed by atoms with Gasteiger partial charge in [-0.3, -0.25) is 0 Å². The maximum absolute atomic E-state index is 12.4. The quantitative estimate of drug-likeness (QED) is 0.501. The van der Waals surface area contributed by atoms with Crippen LogP contribution in [0.1, 0.15) is 26.3 Å². The van der Waals surface area contributed by atoms with Gasteiger partial charge < -0.3 is 19.8 Å². The van der Waals surface area contributed by atoms with Crippen LogP contribution >= 0.6 is 11.6 Å². The van der Waals surface area contributed by atoms with Gasteiger partial charge >= 0.3 is 109 Å². The fourth-order valence-corrected chi connectivity index (χ4v) is 1.46. The summed E-state index contributed by atoms with van der Waals surface area (Å²) in [6.07, 6.45) is -5.04. The van der Waals surface area contributed by atoms with E-state index in [4.69, 9.17) is 11.6 Å². The van der Waals surface area contributed by atoms with Crippen molar-refractivity contribution in [3.63, 3.8) is 0 Å². The Kier molecular flexibility index (Phi) is 10.6. The van der Waals surface area contributed by atoms with Gasteiger partial charge in [0.2, 0.25) is 0 Å². The Morgan fingerprint density at radius 3 is 1.74 bits per heavy atom. The maximum Gasteiger partial charge on any atom is 1.00 e. The first-order valence-corrected chi connectivity index (χ1v) is 4.36. The molecule has 1 rings (SSSR count). The van der Waals surface area contributed by atoms with Gasteiger partial charge in [-0.2, -0.15) is 13.2 Å². The smallest absolute Gasteiger partial charge is 0.545 e. The van der Waals surface area contributed by atoms with Crippen molar-refractivity contribution in [1.29, 1.82) is 0 Å². The molecule has 4 nitrogen and oxygen atoms in total. The summed E-state index contributed by atoms with van der Waals surface area (Å²) in [5.41, 5.74) is -4.44. The normalized spacial score (nSPS) is 10.1. The van der Waals surface area contributed by atoms with Crippen molar-refractivity contribution >= 4 is 23.5 Å². The second-order valence-electron chi connectivity index (χ2n) is 2.92. The molecule has 0 radical (unpaired) electrons. The largest absolute Gasteiger partial charge is 1.00 e. The van der Waals surface area contributed by atoms with Crippen molar-refractivity contribution in [2.45, 2.75) is 6.18 Å². The summed E-state index contributed by atoms with van der Waals surface area (Å²) in [5, 5.41) is 20.5. The van der Waals surface area contributed by atoms with Crippen molar-refractivity contribution in [1.82, 2.24) is 0 Å². The Bertz CT molecular complexity index is 505. The van der Waals surface area contributed by atoms with E-state index in [0.29, 0.717) is 12.1 Å². The van der Waals surface area contributed by atoms with Gasteiger partial charge in [0.25, 0.3) is 0 Å². The summed E-state index contributed by atoms with van der Waals surface area (Å²) in [5.74, 6) is -4.42. The molecule has 0 aliphatic heterocycles. The predicted octanol–water partition coefficient (Wildman–Crippen LogP) is -5.91. The summed E-state index contributed by atoms with van der Waals surface area (Å²) >= 11 is 5.31. The van der Waals surface area contributed by atoms with Gasteiger partial charge in [-0.25, -0.2) is 0 Å². The maximum atomic E-state index is 12.4. The van der Waals surface area contributed by atoms with Crippen LogP contribution in [0.4, 0.5) is 13.2 Å². The molecule has 10 heteroatoms. The number of carboxylic acid groups (broad SMARTS) is 2. The minimum atomic E-state index is -5.04. The standard InChI is InChI=1S/C9H4ClF3O4.2K/c10-4-2-1-3(9(11,12)13)5(7(14)15)6(4)8(16)17;;/h1-2H,(H,14,15)(H,16,17);;/q;2*+1/p-2. The molecule has 0 atom stereocenters. The fraction of sp³-hybridized carbons (Fsp3) is 0.111. The Balaban J connectivity index is 0. The summed E-state index contributed by atoms with van der Waals surface area (Å²) in [6.45, 7) is 0. The zero-order valence-electron chi connectivity index (χ0n) is 9.80. The minimum absolute atomic E-state index is 0. The summed E-state index contributed by atoms with van der Waals surface area (Å²) in [6, 6.07) is 0.988. The molecule has 0 fully saturated rings. The summed E-state index contributed by atoms with van der Waals surface area (Å²) < 4.78 is 37.3. The number of aromatic carboxylic acids is 2. The number of hydrogen-bond acceptors (Lipinski definition) is 4. The number of hydrogen-bond donors (Lipinski definition) is 0. The molecule has 0 saturated heterocycles. The fourth-order valence-electron chi connectivity index (χ4n) is 1.23. The third-order valence-corrected chi connectivity index (χ3v) is 2.18. The van der Waals surface area contributed by atoms with Crippen LogP contribution in [-0.2, 0) is 6.18 Å². The van der Waals surface area contributed by atoms with E-state index in [1.54, 1.807) is 0 Å². The number of carboxylic acids is 2. The Labute approximate surface area is 195 Å². The molecule has 0 heterocycles. The van der Waals surface area contributed by atoms with Gasteiger partial charge in [-0.05, 0) is 12.1 Å². The molecule has 1 aromatic rings. The van der Waals surface area contributed by atoms with E-state index < -0.39 is 39.8 Å². The molecule has 1 aromatic carbocycles. The Morgan fingerprint density at radius 2 is 1.42 bits per heavy atom. The van der Waals surface area contributed by atoms with E-state index >= 15 is 0 Å². The third kappa shape index (κ3) is 5.66. The summed E-state index contributed by atoms with van der Waals surface area (Å²) in [7, 11) is 0. The van der Waals surface area contributed by atoms with E-state index in [0.717, 1.165) is 0 Å². The van der Waals surface area contributed by atoms with Crippen LogP contribution in [0.3, 0.4) is 0 Å². The number of halogens is 4. The van der Waals surface area contributed by atoms with Crippen molar-refractivity contribution in [2.24, 2.45) is 0 Å². The van der Waals surface area contributed by atoms with Gasteiger partial charge in [-0.1, -0.05) is 11.6 Å². The van der Waals surface area contributed by atoms with Gasteiger partial charge in [0.1, 0.15) is 0 Å². The van der Waals surface area contributed by atoms with Crippen LogP contribution in [0, 0.1) is 0 Å². The van der Waals surface area contributed by atoms with Crippen LogP contribution in [0.25, 0.3) is 0 Å². The molecule has 0 amide bonds. The average Bonchev–Trinajstić information content (AvgIpc) is 2.14. The van der Waals surface area contributed by atoms with Crippen LogP contribution in [0.2, 0.25) is 5.02 Å². The van der Waals surface area contributed by atoms with Gasteiger partial charge in [-0.15, -0.1) is 0 Å². The van der Waals surface area contributed by atoms with E-state index in [1.165, 1.54) is 0 Å². The Morgan fingerprint density at radius 1 is 1.00 bits per heavy atom. The van der Waals surface area contributed by atoms with Crippen molar-refractivity contribution < 1.29 is 136 Å². The molecule has 19 heavy (non-hydrogen) atoms. The second kappa shape index (κ2) is 8.83. The molecule has 92 valence electrons. The molecule has 0 unspecified atom stereocenters. The van der Waals surface area contributed by atoms with Crippen molar-refractivity contribution in [3.8, 4) is 0 Å². The summed E-state index contributed by atoms with van der Waals surface area (Å²) in [4.78, 5) is 21.2. The molecular weight excluding hydrogens is 343 g/mol. The molecule has 0 aliphatic rings. The number of benzene rings is 1. The molecule has 0 aliphatic carbocycles. The number of carbonyl (C=O) groups is 2. The predicted molar refractivity (Wildman–Crippen MR) is 45.1 cm³/mol. The molecular formula is C9H2ClF3K2O4. The molecule has 0 bridgehead atoms. The zero-order valence-corrected chi connectivity index (χ0v) is 16.8. The van der Waals surface area contributed by atoms with Gasteiger partial charge in [0.05, 0.1) is 22.5 Å². The topological polar surface area (TPSA) is 80.3 Å². The van der Waals surface area contributed by atoms with E-state index in [-0.39, 0.29) is 103 Å².